The van der Waals surface area contributed by atoms with Gasteiger partial charge in [-0.05, 0) is 26.0 Å². The van der Waals surface area contributed by atoms with Gasteiger partial charge in [0, 0.05) is 42.7 Å². The molecular formula is C15H23ClN2OS. The van der Waals surface area contributed by atoms with Crippen LogP contribution in [0.5, 0.6) is 0 Å². The first-order chi connectivity index (χ1) is 9.16. The van der Waals surface area contributed by atoms with Gasteiger partial charge in [0.05, 0.1) is 0 Å². The molecule has 0 bridgehead atoms. The number of carbonyl (C=O) groups excluding carboxylic acids is 1. The van der Waals surface area contributed by atoms with Gasteiger partial charge in [-0.1, -0.05) is 17.7 Å². The zero-order valence-corrected chi connectivity index (χ0v) is 13.7. The van der Waals surface area contributed by atoms with Crippen LogP contribution >= 0.6 is 24.2 Å². The molecular weight excluding hydrogens is 292 g/mol. The predicted octanol–water partition coefficient (Wildman–Crippen LogP) is 2.72. The molecule has 112 valence electrons. The Morgan fingerprint density at radius 3 is 2.75 bits per heavy atom. The van der Waals surface area contributed by atoms with E-state index in [4.69, 9.17) is 0 Å². The van der Waals surface area contributed by atoms with Crippen LogP contribution in [0.2, 0.25) is 0 Å². The minimum atomic E-state index is 0. The van der Waals surface area contributed by atoms with Crippen molar-refractivity contribution in [2.45, 2.75) is 31.2 Å². The number of halogens is 1. The lowest BCUT2D eigenvalue weighted by Gasteiger charge is -2.34. The molecule has 0 aromatic heterocycles. The maximum atomic E-state index is 12.1. The van der Waals surface area contributed by atoms with Gasteiger partial charge in [-0.2, -0.15) is 0 Å². The lowest BCUT2D eigenvalue weighted by molar-refractivity contribution is -0.133. The van der Waals surface area contributed by atoms with E-state index >= 15 is 0 Å². The van der Waals surface area contributed by atoms with E-state index in [2.05, 4.69) is 43.4 Å². The van der Waals surface area contributed by atoms with Gasteiger partial charge in [0.25, 0.3) is 0 Å². The molecule has 1 aliphatic heterocycles. The first-order valence-corrected chi connectivity index (χ1v) is 7.85. The Balaban J connectivity index is 0.00000200. The highest BCUT2D eigenvalue weighted by atomic mass is 35.5. The van der Waals surface area contributed by atoms with E-state index in [1.54, 1.807) is 11.8 Å². The molecule has 1 heterocycles. The number of nitrogens with zero attached hydrogens (tertiary/aromatic N) is 1. The van der Waals surface area contributed by atoms with Gasteiger partial charge in [-0.3, -0.25) is 4.79 Å². The fraction of sp³-hybridized carbons (Fsp3) is 0.533. The maximum absolute atomic E-state index is 12.1. The highest BCUT2D eigenvalue weighted by molar-refractivity contribution is 7.99. The van der Waals surface area contributed by atoms with Crippen molar-refractivity contribution < 1.29 is 4.79 Å². The molecule has 1 atom stereocenters. The molecule has 1 saturated heterocycles. The first kappa shape index (κ1) is 17.3. The van der Waals surface area contributed by atoms with Gasteiger partial charge in [0.2, 0.25) is 5.91 Å². The highest BCUT2D eigenvalue weighted by Crippen LogP contribution is 2.19. The molecule has 0 unspecified atom stereocenters. The number of rotatable bonds is 4. The lowest BCUT2D eigenvalue weighted by Crippen LogP contribution is -2.52. The number of piperazine rings is 1. The second kappa shape index (κ2) is 8.55. The molecule has 1 N–H and O–H groups in total. The summed E-state index contributed by atoms with van der Waals surface area (Å²) in [5.41, 5.74) is 1.27. The van der Waals surface area contributed by atoms with Crippen LogP contribution in [0.15, 0.2) is 29.2 Å². The van der Waals surface area contributed by atoms with Crippen LogP contribution in [-0.4, -0.2) is 42.2 Å². The first-order valence-electron chi connectivity index (χ1n) is 6.86. The Hall–Kier alpha value is -0.710. The largest absolute Gasteiger partial charge is 0.337 e. The SMILES string of the molecule is Cc1ccc(SCCC(=O)N2CCNC[C@@H]2C)cc1.Cl. The summed E-state index contributed by atoms with van der Waals surface area (Å²) in [5.74, 6) is 1.15. The number of hydrogen-bond donors (Lipinski definition) is 1. The number of hydrogen-bond acceptors (Lipinski definition) is 3. The van der Waals surface area contributed by atoms with Crippen LogP contribution in [0.25, 0.3) is 0 Å². The van der Waals surface area contributed by atoms with Gasteiger partial charge in [0.15, 0.2) is 0 Å². The van der Waals surface area contributed by atoms with Crippen LogP contribution in [-0.2, 0) is 4.79 Å². The van der Waals surface area contributed by atoms with Crippen LogP contribution in [0.1, 0.15) is 18.9 Å². The second-order valence-electron chi connectivity index (χ2n) is 5.05. The molecule has 0 spiro atoms. The van der Waals surface area contributed by atoms with Crippen LogP contribution in [0.4, 0.5) is 0 Å². The summed E-state index contributed by atoms with van der Waals surface area (Å²) in [7, 11) is 0. The van der Waals surface area contributed by atoms with Gasteiger partial charge < -0.3 is 10.2 Å². The normalized spacial score (nSPS) is 18.5. The second-order valence-corrected chi connectivity index (χ2v) is 6.22. The van der Waals surface area contributed by atoms with Gasteiger partial charge >= 0.3 is 0 Å². The van der Waals surface area contributed by atoms with E-state index in [0.29, 0.717) is 12.5 Å². The number of carbonyl (C=O) groups is 1. The van der Waals surface area contributed by atoms with E-state index in [1.807, 2.05) is 4.90 Å². The van der Waals surface area contributed by atoms with Gasteiger partial charge in [-0.25, -0.2) is 0 Å². The molecule has 1 aliphatic rings. The fourth-order valence-corrected chi connectivity index (χ4v) is 3.09. The zero-order chi connectivity index (χ0) is 13.7. The van der Waals surface area contributed by atoms with E-state index in [9.17, 15) is 4.79 Å². The molecule has 1 aromatic rings. The molecule has 0 saturated carbocycles. The summed E-state index contributed by atoms with van der Waals surface area (Å²) in [6.07, 6.45) is 0.628. The summed E-state index contributed by atoms with van der Waals surface area (Å²) >= 11 is 1.76. The smallest absolute Gasteiger partial charge is 0.223 e. The lowest BCUT2D eigenvalue weighted by atomic mass is 10.2. The van der Waals surface area contributed by atoms with E-state index in [1.165, 1.54) is 10.5 Å². The third kappa shape index (κ3) is 5.00. The number of nitrogens with one attached hydrogen (secondary N) is 1. The van der Waals surface area contributed by atoms with E-state index in [-0.39, 0.29) is 18.3 Å². The van der Waals surface area contributed by atoms with E-state index in [0.717, 1.165) is 25.4 Å². The Bertz CT molecular complexity index is 424. The number of benzene rings is 1. The molecule has 2 rings (SSSR count). The molecule has 0 aliphatic carbocycles. The number of thioether (sulfide) groups is 1. The van der Waals surface area contributed by atoms with Crippen molar-refractivity contribution in [2.75, 3.05) is 25.4 Å². The summed E-state index contributed by atoms with van der Waals surface area (Å²) in [5, 5.41) is 3.31. The van der Waals surface area contributed by atoms with Crippen molar-refractivity contribution in [1.29, 1.82) is 0 Å². The number of amides is 1. The highest BCUT2D eigenvalue weighted by Gasteiger charge is 2.22. The van der Waals surface area contributed by atoms with Crippen molar-refractivity contribution in [2.24, 2.45) is 0 Å². The average molecular weight is 315 g/mol. The minimum Gasteiger partial charge on any atom is -0.337 e. The van der Waals surface area contributed by atoms with Gasteiger partial charge in [0.1, 0.15) is 0 Å². The number of aryl methyl sites for hydroxylation is 1. The quantitative estimate of drug-likeness (QED) is 0.867. The zero-order valence-electron chi connectivity index (χ0n) is 12.1. The molecule has 3 nitrogen and oxygen atoms in total. The molecule has 1 aromatic carbocycles. The van der Waals surface area contributed by atoms with Crippen LogP contribution in [0.3, 0.4) is 0 Å². The average Bonchev–Trinajstić information content (AvgIpc) is 2.41. The van der Waals surface area contributed by atoms with Crippen molar-refractivity contribution in [3.8, 4) is 0 Å². The standard InChI is InChI=1S/C15H22N2OS.ClH/c1-12-3-5-14(6-4-12)19-10-7-15(18)17-9-8-16-11-13(17)2;/h3-6,13,16H,7-11H2,1-2H3;1H/t13-;/m0./s1. The van der Waals surface area contributed by atoms with Crippen LogP contribution in [0, 0.1) is 6.92 Å². The van der Waals surface area contributed by atoms with Crippen molar-refractivity contribution in [3.05, 3.63) is 29.8 Å². The Kier molecular flexibility index (Phi) is 7.41. The Labute approximate surface area is 131 Å². The predicted molar refractivity (Wildman–Crippen MR) is 87.8 cm³/mol. The van der Waals surface area contributed by atoms with Crippen molar-refractivity contribution in [3.63, 3.8) is 0 Å². The molecule has 5 heteroatoms. The molecule has 0 radical (unpaired) electrons. The molecule has 1 amide bonds. The Morgan fingerprint density at radius 2 is 2.10 bits per heavy atom. The summed E-state index contributed by atoms with van der Waals surface area (Å²) in [6.45, 7) is 6.87. The fourth-order valence-electron chi connectivity index (χ4n) is 2.25. The maximum Gasteiger partial charge on any atom is 0.223 e. The Morgan fingerprint density at radius 1 is 1.40 bits per heavy atom. The minimum absolute atomic E-state index is 0. The third-order valence-electron chi connectivity index (χ3n) is 3.43. The van der Waals surface area contributed by atoms with E-state index < -0.39 is 0 Å². The topological polar surface area (TPSA) is 32.3 Å². The van der Waals surface area contributed by atoms with Crippen LogP contribution < -0.4 is 5.32 Å². The molecule has 1 fully saturated rings. The summed E-state index contributed by atoms with van der Waals surface area (Å²) in [6, 6.07) is 8.80. The summed E-state index contributed by atoms with van der Waals surface area (Å²) < 4.78 is 0. The van der Waals surface area contributed by atoms with Crippen molar-refractivity contribution >= 4 is 30.1 Å². The van der Waals surface area contributed by atoms with Gasteiger partial charge in [-0.15, -0.1) is 24.2 Å². The summed E-state index contributed by atoms with van der Waals surface area (Å²) in [4.78, 5) is 15.4. The molecule has 20 heavy (non-hydrogen) atoms. The monoisotopic (exact) mass is 314 g/mol. The van der Waals surface area contributed by atoms with Crippen molar-refractivity contribution in [1.82, 2.24) is 10.2 Å². The third-order valence-corrected chi connectivity index (χ3v) is 4.44.